The Kier molecular flexibility index (Phi) is 7.15. The van der Waals surface area contributed by atoms with Crippen LogP contribution >= 0.6 is 0 Å². The number of hydrogen-bond acceptors (Lipinski definition) is 4. The van der Waals surface area contributed by atoms with Crippen LogP contribution in [0.15, 0.2) is 48.5 Å². The van der Waals surface area contributed by atoms with E-state index in [9.17, 15) is 4.79 Å². The predicted molar refractivity (Wildman–Crippen MR) is 93.3 cm³/mol. The average Bonchev–Trinajstić information content (AvgIpc) is 2.61. The molecule has 128 valence electrons. The van der Waals surface area contributed by atoms with Crippen LogP contribution in [0.3, 0.4) is 0 Å². The van der Waals surface area contributed by atoms with Crippen LogP contribution in [0.1, 0.15) is 30.9 Å². The van der Waals surface area contributed by atoms with Gasteiger partial charge in [-0.05, 0) is 18.6 Å². The van der Waals surface area contributed by atoms with Crippen molar-refractivity contribution in [2.75, 3.05) is 13.7 Å². The van der Waals surface area contributed by atoms with E-state index >= 15 is 0 Å². The second-order valence-corrected chi connectivity index (χ2v) is 5.46. The number of carbonyl (C=O) groups excluding carboxylic acids is 1. The van der Waals surface area contributed by atoms with Crippen molar-refractivity contribution in [3.63, 3.8) is 0 Å². The smallest absolute Gasteiger partial charge is 0.310 e. The first-order valence-electron chi connectivity index (χ1n) is 8.22. The summed E-state index contributed by atoms with van der Waals surface area (Å²) >= 11 is 0. The highest BCUT2D eigenvalue weighted by Crippen LogP contribution is 2.21. The van der Waals surface area contributed by atoms with Gasteiger partial charge in [0.15, 0.2) is 0 Å². The molecule has 0 fully saturated rings. The maximum Gasteiger partial charge on any atom is 0.310 e. The number of rotatable bonds is 9. The molecule has 0 N–H and O–H groups in total. The third kappa shape index (κ3) is 5.30. The van der Waals surface area contributed by atoms with E-state index < -0.39 is 0 Å². The molecule has 24 heavy (non-hydrogen) atoms. The molecule has 0 spiro atoms. The Hall–Kier alpha value is -2.49. The molecule has 2 aromatic rings. The maximum atomic E-state index is 12.1. The van der Waals surface area contributed by atoms with Gasteiger partial charge >= 0.3 is 5.97 Å². The first kappa shape index (κ1) is 17.9. The number of esters is 1. The molecule has 4 heteroatoms. The molecule has 0 aliphatic heterocycles. The van der Waals surface area contributed by atoms with Gasteiger partial charge < -0.3 is 14.2 Å². The zero-order valence-electron chi connectivity index (χ0n) is 14.3. The minimum atomic E-state index is -0.289. The van der Waals surface area contributed by atoms with Crippen LogP contribution in [-0.4, -0.2) is 19.7 Å². The van der Waals surface area contributed by atoms with Gasteiger partial charge in [-0.15, -0.1) is 0 Å². The summed E-state index contributed by atoms with van der Waals surface area (Å²) in [7, 11) is 1.59. The summed E-state index contributed by atoms with van der Waals surface area (Å²) in [4.78, 5) is 12.1. The van der Waals surface area contributed by atoms with Crippen LogP contribution < -0.4 is 9.47 Å². The summed E-state index contributed by atoms with van der Waals surface area (Å²) in [6, 6.07) is 15.1. The monoisotopic (exact) mass is 328 g/mol. The normalized spacial score (nSPS) is 10.2. The molecule has 0 bridgehead atoms. The number of hydrogen-bond donors (Lipinski definition) is 0. The highest BCUT2D eigenvalue weighted by molar-refractivity contribution is 5.73. The van der Waals surface area contributed by atoms with Gasteiger partial charge in [0, 0.05) is 11.1 Å². The summed E-state index contributed by atoms with van der Waals surface area (Å²) in [6.07, 6.45) is 2.26. The second kappa shape index (κ2) is 9.60. The standard InChI is InChI=1S/C20H24O4/c1-3-4-13-23-19-12-8-6-10-17(19)15-24-20(21)14-16-9-5-7-11-18(16)22-2/h5-12H,3-4,13-15H2,1-2H3. The van der Waals surface area contributed by atoms with Crippen LogP contribution in [0.25, 0.3) is 0 Å². The van der Waals surface area contributed by atoms with Crippen LogP contribution in [0.5, 0.6) is 11.5 Å². The fraction of sp³-hybridized carbons (Fsp3) is 0.350. The Morgan fingerprint density at radius 1 is 0.958 bits per heavy atom. The van der Waals surface area contributed by atoms with Crippen molar-refractivity contribution in [3.8, 4) is 11.5 Å². The molecule has 0 unspecified atom stereocenters. The lowest BCUT2D eigenvalue weighted by atomic mass is 10.1. The van der Waals surface area contributed by atoms with Crippen molar-refractivity contribution in [2.24, 2.45) is 0 Å². The minimum Gasteiger partial charge on any atom is -0.496 e. The molecular weight excluding hydrogens is 304 g/mol. The Morgan fingerprint density at radius 2 is 1.62 bits per heavy atom. The Balaban J connectivity index is 1.92. The number of ether oxygens (including phenoxy) is 3. The molecule has 0 saturated carbocycles. The van der Waals surface area contributed by atoms with Crippen molar-refractivity contribution in [3.05, 3.63) is 59.7 Å². The largest absolute Gasteiger partial charge is 0.496 e. The molecule has 0 aliphatic rings. The summed E-state index contributed by atoms with van der Waals surface area (Å²) in [5, 5.41) is 0. The van der Waals surface area contributed by atoms with Crippen LogP contribution in [-0.2, 0) is 22.6 Å². The summed E-state index contributed by atoms with van der Waals surface area (Å²) < 4.78 is 16.4. The van der Waals surface area contributed by atoms with Crippen molar-refractivity contribution < 1.29 is 19.0 Å². The topological polar surface area (TPSA) is 44.8 Å². The maximum absolute atomic E-state index is 12.1. The molecule has 0 atom stereocenters. The molecule has 0 radical (unpaired) electrons. The third-order valence-electron chi connectivity index (χ3n) is 3.64. The lowest BCUT2D eigenvalue weighted by molar-refractivity contribution is -0.144. The number of methoxy groups -OCH3 is 1. The predicted octanol–water partition coefficient (Wildman–Crippen LogP) is 4.16. The van der Waals surface area contributed by atoms with Gasteiger partial charge in [0.1, 0.15) is 18.1 Å². The van der Waals surface area contributed by atoms with Crippen LogP contribution in [0.4, 0.5) is 0 Å². The average molecular weight is 328 g/mol. The first-order chi connectivity index (χ1) is 11.7. The van der Waals surface area contributed by atoms with Crippen LogP contribution in [0, 0.1) is 0 Å². The molecule has 4 nitrogen and oxygen atoms in total. The SMILES string of the molecule is CCCCOc1ccccc1COC(=O)Cc1ccccc1OC. The van der Waals surface area contributed by atoms with Crippen LogP contribution in [0.2, 0.25) is 0 Å². The van der Waals surface area contributed by atoms with E-state index in [4.69, 9.17) is 14.2 Å². The van der Waals surface area contributed by atoms with Gasteiger partial charge in [0.2, 0.25) is 0 Å². The van der Waals surface area contributed by atoms with Gasteiger partial charge in [-0.1, -0.05) is 49.7 Å². The lowest BCUT2D eigenvalue weighted by Crippen LogP contribution is -2.10. The van der Waals surface area contributed by atoms with E-state index in [1.807, 2.05) is 48.5 Å². The lowest BCUT2D eigenvalue weighted by Gasteiger charge is -2.12. The molecule has 0 heterocycles. The molecule has 2 aromatic carbocycles. The zero-order valence-corrected chi connectivity index (χ0v) is 14.3. The quantitative estimate of drug-likeness (QED) is 0.512. The number of unbranched alkanes of at least 4 members (excludes halogenated alkanes) is 1. The van der Waals surface area contributed by atoms with E-state index in [-0.39, 0.29) is 19.0 Å². The molecule has 0 amide bonds. The van der Waals surface area contributed by atoms with Crippen molar-refractivity contribution in [1.29, 1.82) is 0 Å². The molecule has 0 aromatic heterocycles. The van der Waals surface area contributed by atoms with E-state index in [1.165, 1.54) is 0 Å². The number of para-hydroxylation sites is 2. The molecule has 0 saturated heterocycles. The number of benzene rings is 2. The summed E-state index contributed by atoms with van der Waals surface area (Å²) in [5.74, 6) is 1.18. The second-order valence-electron chi connectivity index (χ2n) is 5.46. The van der Waals surface area contributed by atoms with Crippen molar-refractivity contribution >= 4 is 5.97 Å². The summed E-state index contributed by atoms with van der Waals surface area (Å²) in [5.41, 5.74) is 1.69. The Morgan fingerprint density at radius 3 is 2.33 bits per heavy atom. The van der Waals surface area contributed by atoms with E-state index in [0.29, 0.717) is 12.4 Å². The van der Waals surface area contributed by atoms with Crippen molar-refractivity contribution in [2.45, 2.75) is 32.8 Å². The van der Waals surface area contributed by atoms with Crippen molar-refractivity contribution in [1.82, 2.24) is 0 Å². The fourth-order valence-electron chi connectivity index (χ4n) is 2.30. The van der Waals surface area contributed by atoms with Gasteiger partial charge in [-0.25, -0.2) is 0 Å². The number of carbonyl (C=O) groups is 1. The minimum absolute atomic E-state index is 0.183. The Bertz CT molecular complexity index is 652. The van der Waals surface area contributed by atoms with E-state index in [2.05, 4.69) is 6.92 Å². The molecule has 0 aliphatic carbocycles. The van der Waals surface area contributed by atoms with E-state index in [1.54, 1.807) is 7.11 Å². The Labute approximate surface area is 143 Å². The van der Waals surface area contributed by atoms with Gasteiger partial charge in [-0.2, -0.15) is 0 Å². The summed E-state index contributed by atoms with van der Waals surface area (Å²) in [6.45, 7) is 2.99. The third-order valence-corrected chi connectivity index (χ3v) is 3.64. The fourth-order valence-corrected chi connectivity index (χ4v) is 2.30. The highest BCUT2D eigenvalue weighted by atomic mass is 16.5. The highest BCUT2D eigenvalue weighted by Gasteiger charge is 2.11. The molecule has 2 rings (SSSR count). The van der Waals surface area contributed by atoms with E-state index in [0.717, 1.165) is 29.7 Å². The van der Waals surface area contributed by atoms with Gasteiger partial charge in [0.05, 0.1) is 20.1 Å². The molecular formula is C20H24O4. The first-order valence-corrected chi connectivity index (χ1v) is 8.22. The van der Waals surface area contributed by atoms with Gasteiger partial charge in [0.25, 0.3) is 0 Å². The van der Waals surface area contributed by atoms with Gasteiger partial charge in [-0.3, -0.25) is 4.79 Å². The zero-order chi connectivity index (χ0) is 17.2.